The van der Waals surface area contributed by atoms with Crippen LogP contribution in [0.4, 0.5) is 5.69 Å². The smallest absolute Gasteiger partial charge is 0.247 e. The van der Waals surface area contributed by atoms with E-state index in [0.717, 1.165) is 55.6 Å². The molecule has 2 fully saturated rings. The number of aliphatic hydroxyl groups is 1. The molecule has 1 N–H and O–H groups in total. The van der Waals surface area contributed by atoms with Crippen molar-refractivity contribution in [2.45, 2.75) is 57.6 Å². The third-order valence-corrected chi connectivity index (χ3v) is 8.03. The zero-order chi connectivity index (χ0) is 24.4. The Morgan fingerprint density at radius 3 is 2.63 bits per heavy atom. The van der Waals surface area contributed by atoms with E-state index in [2.05, 4.69) is 43.0 Å². The standard InChI is InChI=1S/C29H36N2O4/c1-3-30(4-2)23-12-10-22(11-13-23)28-24-7-5-6-16-29(24,33)17-18-31(28)27(32)15-9-21-8-14-25-26(19-21)35-20-34-25/h8-15,19,24,28,33H,3-7,16-18,20H2,1-2H3. The Labute approximate surface area is 208 Å². The highest BCUT2D eigenvalue weighted by molar-refractivity contribution is 5.92. The number of benzene rings is 2. The Bertz CT molecular complexity index is 1080. The van der Waals surface area contributed by atoms with Gasteiger partial charge in [0.2, 0.25) is 12.7 Å². The number of rotatable bonds is 6. The van der Waals surface area contributed by atoms with Crippen LogP contribution >= 0.6 is 0 Å². The second-order valence-corrected chi connectivity index (χ2v) is 9.89. The largest absolute Gasteiger partial charge is 0.454 e. The molecule has 1 saturated carbocycles. The highest BCUT2D eigenvalue weighted by atomic mass is 16.7. The van der Waals surface area contributed by atoms with Gasteiger partial charge in [0.1, 0.15) is 0 Å². The summed E-state index contributed by atoms with van der Waals surface area (Å²) in [7, 11) is 0. The van der Waals surface area contributed by atoms with Crippen LogP contribution in [0.3, 0.4) is 0 Å². The molecule has 3 unspecified atom stereocenters. The molecular weight excluding hydrogens is 440 g/mol. The van der Waals surface area contributed by atoms with Crippen molar-refractivity contribution in [1.29, 1.82) is 0 Å². The van der Waals surface area contributed by atoms with Crippen molar-refractivity contribution in [3.8, 4) is 11.5 Å². The summed E-state index contributed by atoms with van der Waals surface area (Å²) in [5.41, 5.74) is 2.50. The first-order chi connectivity index (χ1) is 17.0. The summed E-state index contributed by atoms with van der Waals surface area (Å²) in [5, 5.41) is 11.5. The summed E-state index contributed by atoms with van der Waals surface area (Å²) < 4.78 is 10.9. The molecule has 0 radical (unpaired) electrons. The molecule has 3 atom stereocenters. The summed E-state index contributed by atoms with van der Waals surface area (Å²) in [6.07, 6.45) is 8.04. The van der Waals surface area contributed by atoms with Gasteiger partial charge in [0.05, 0.1) is 11.6 Å². The maximum absolute atomic E-state index is 13.5. The molecule has 6 heteroatoms. The van der Waals surface area contributed by atoms with E-state index in [9.17, 15) is 9.90 Å². The SMILES string of the molecule is CCN(CC)c1ccc(C2C3CCCCC3(O)CCN2C(=O)C=Cc2ccc3c(c2)OCO3)cc1. The van der Waals surface area contributed by atoms with E-state index in [1.807, 2.05) is 29.2 Å². The molecule has 0 aromatic heterocycles. The Kier molecular flexibility index (Phi) is 6.74. The zero-order valence-electron chi connectivity index (χ0n) is 20.8. The predicted molar refractivity (Wildman–Crippen MR) is 138 cm³/mol. The molecule has 35 heavy (non-hydrogen) atoms. The van der Waals surface area contributed by atoms with Gasteiger partial charge in [-0.2, -0.15) is 0 Å². The molecule has 2 aromatic carbocycles. The van der Waals surface area contributed by atoms with E-state index in [1.165, 1.54) is 5.69 Å². The van der Waals surface area contributed by atoms with Crippen LogP contribution in [0, 0.1) is 5.92 Å². The van der Waals surface area contributed by atoms with Gasteiger partial charge in [0.15, 0.2) is 11.5 Å². The van der Waals surface area contributed by atoms with Crippen LogP contribution in [-0.4, -0.2) is 47.9 Å². The van der Waals surface area contributed by atoms with Crippen molar-refractivity contribution < 1.29 is 19.4 Å². The average Bonchev–Trinajstić information content (AvgIpc) is 3.35. The topological polar surface area (TPSA) is 62.2 Å². The van der Waals surface area contributed by atoms with Crippen molar-refractivity contribution in [3.05, 3.63) is 59.7 Å². The highest BCUT2D eigenvalue weighted by Gasteiger charge is 2.49. The Morgan fingerprint density at radius 2 is 1.86 bits per heavy atom. The first-order valence-electron chi connectivity index (χ1n) is 13.0. The summed E-state index contributed by atoms with van der Waals surface area (Å²) in [4.78, 5) is 17.8. The van der Waals surface area contributed by atoms with Crippen LogP contribution in [0.2, 0.25) is 0 Å². The molecule has 3 aliphatic rings. The molecular formula is C29H36N2O4. The van der Waals surface area contributed by atoms with Gasteiger partial charge in [0.25, 0.3) is 0 Å². The van der Waals surface area contributed by atoms with E-state index in [-0.39, 0.29) is 24.7 Å². The number of carbonyl (C=O) groups excluding carboxylic acids is 1. The molecule has 2 heterocycles. The Morgan fingerprint density at radius 1 is 1.09 bits per heavy atom. The molecule has 2 aromatic rings. The van der Waals surface area contributed by atoms with Crippen molar-refractivity contribution in [2.75, 3.05) is 31.3 Å². The number of amides is 1. The normalized spacial score (nSPS) is 25.5. The van der Waals surface area contributed by atoms with Crippen LogP contribution in [-0.2, 0) is 4.79 Å². The molecule has 1 saturated heterocycles. The number of anilines is 1. The van der Waals surface area contributed by atoms with E-state index in [0.29, 0.717) is 18.7 Å². The number of likely N-dealkylation sites (tertiary alicyclic amines) is 1. The number of fused-ring (bicyclic) bond motifs is 2. The first-order valence-corrected chi connectivity index (χ1v) is 13.0. The fraction of sp³-hybridized carbons (Fsp3) is 0.483. The minimum Gasteiger partial charge on any atom is -0.454 e. The zero-order valence-corrected chi connectivity index (χ0v) is 20.8. The van der Waals surface area contributed by atoms with E-state index >= 15 is 0 Å². The monoisotopic (exact) mass is 476 g/mol. The van der Waals surface area contributed by atoms with E-state index < -0.39 is 5.60 Å². The minimum atomic E-state index is -0.696. The van der Waals surface area contributed by atoms with Gasteiger partial charge in [0, 0.05) is 37.3 Å². The molecule has 0 spiro atoms. The van der Waals surface area contributed by atoms with Crippen LogP contribution in [0.1, 0.15) is 63.1 Å². The van der Waals surface area contributed by atoms with Gasteiger partial charge >= 0.3 is 0 Å². The summed E-state index contributed by atoms with van der Waals surface area (Å²) in [6.45, 7) is 7.02. The second-order valence-electron chi connectivity index (χ2n) is 9.89. The van der Waals surface area contributed by atoms with Gasteiger partial charge in [-0.25, -0.2) is 0 Å². The van der Waals surface area contributed by atoms with Crippen LogP contribution in [0.5, 0.6) is 11.5 Å². The molecule has 186 valence electrons. The van der Waals surface area contributed by atoms with E-state index in [1.54, 1.807) is 6.08 Å². The van der Waals surface area contributed by atoms with Crippen LogP contribution in [0.15, 0.2) is 48.5 Å². The van der Waals surface area contributed by atoms with Gasteiger partial charge in [-0.15, -0.1) is 0 Å². The second kappa shape index (κ2) is 9.94. The molecule has 0 bridgehead atoms. The summed E-state index contributed by atoms with van der Waals surface area (Å²) >= 11 is 0. The third-order valence-electron chi connectivity index (χ3n) is 8.03. The molecule has 6 nitrogen and oxygen atoms in total. The number of nitrogens with zero attached hydrogens (tertiary/aromatic N) is 2. The van der Waals surface area contributed by atoms with Crippen molar-refractivity contribution >= 4 is 17.7 Å². The van der Waals surface area contributed by atoms with Crippen LogP contribution < -0.4 is 14.4 Å². The average molecular weight is 477 g/mol. The number of hydrogen-bond donors (Lipinski definition) is 1. The lowest BCUT2D eigenvalue weighted by Gasteiger charge is -2.52. The molecule has 1 amide bonds. The Hall–Kier alpha value is -2.99. The highest BCUT2D eigenvalue weighted by Crippen LogP contribution is 2.49. The number of carbonyl (C=O) groups is 1. The van der Waals surface area contributed by atoms with Gasteiger partial charge in [-0.3, -0.25) is 4.79 Å². The molecule has 1 aliphatic carbocycles. The lowest BCUT2D eigenvalue weighted by molar-refractivity contribution is -0.150. The van der Waals surface area contributed by atoms with Crippen molar-refractivity contribution in [2.24, 2.45) is 5.92 Å². The van der Waals surface area contributed by atoms with Gasteiger partial charge < -0.3 is 24.4 Å². The predicted octanol–water partition coefficient (Wildman–Crippen LogP) is 5.17. The van der Waals surface area contributed by atoms with Crippen molar-refractivity contribution in [3.63, 3.8) is 0 Å². The number of hydrogen-bond acceptors (Lipinski definition) is 5. The maximum atomic E-state index is 13.5. The number of piperidine rings is 1. The lowest BCUT2D eigenvalue weighted by atomic mass is 9.66. The number of ether oxygens (including phenoxy) is 2. The van der Waals surface area contributed by atoms with Crippen molar-refractivity contribution in [1.82, 2.24) is 4.90 Å². The molecule has 2 aliphatic heterocycles. The van der Waals surface area contributed by atoms with Gasteiger partial charge in [-0.05, 0) is 74.6 Å². The Balaban J connectivity index is 1.42. The first kappa shape index (κ1) is 23.7. The maximum Gasteiger partial charge on any atom is 0.247 e. The summed E-state index contributed by atoms with van der Waals surface area (Å²) in [6, 6.07) is 14.2. The summed E-state index contributed by atoms with van der Waals surface area (Å²) in [5.74, 6) is 1.46. The minimum absolute atomic E-state index is 0.0203. The van der Waals surface area contributed by atoms with E-state index in [4.69, 9.17) is 9.47 Å². The molecule has 5 rings (SSSR count). The fourth-order valence-electron chi connectivity index (χ4n) is 6.09. The quantitative estimate of drug-likeness (QED) is 0.583. The van der Waals surface area contributed by atoms with Gasteiger partial charge in [-0.1, -0.05) is 31.0 Å². The van der Waals surface area contributed by atoms with Crippen LogP contribution in [0.25, 0.3) is 6.08 Å². The lowest BCUT2D eigenvalue weighted by Crippen LogP contribution is -2.56. The fourth-order valence-corrected chi connectivity index (χ4v) is 6.09. The third kappa shape index (κ3) is 4.64.